The fourth-order valence-corrected chi connectivity index (χ4v) is 6.17. The molecule has 0 bridgehead atoms. The third kappa shape index (κ3) is 4.74. The summed E-state index contributed by atoms with van der Waals surface area (Å²) in [7, 11) is 0.0392. The van der Waals surface area contributed by atoms with Crippen LogP contribution in [0.3, 0.4) is 0 Å². The molecule has 2 aromatic carbocycles. The number of rotatable bonds is 5. The van der Waals surface area contributed by atoms with Crippen LogP contribution in [0.25, 0.3) is 0 Å². The van der Waals surface area contributed by atoms with Crippen molar-refractivity contribution in [3.63, 3.8) is 0 Å². The van der Waals surface area contributed by atoms with E-state index in [1.807, 2.05) is 44.1 Å². The second kappa shape index (κ2) is 9.27. The van der Waals surface area contributed by atoms with E-state index in [0.29, 0.717) is 42.1 Å². The van der Waals surface area contributed by atoms with E-state index < -0.39 is 15.9 Å². The summed E-state index contributed by atoms with van der Waals surface area (Å²) in [4.78, 5) is 26.7. The van der Waals surface area contributed by atoms with Crippen molar-refractivity contribution < 1.29 is 22.7 Å². The minimum absolute atomic E-state index is 0.106. The number of fused-ring (bicyclic) bond motifs is 1. The molecule has 1 saturated heterocycles. The Hall–Kier alpha value is -3.11. The van der Waals surface area contributed by atoms with Gasteiger partial charge in [-0.25, -0.2) is 8.42 Å². The number of anilines is 3. The van der Waals surface area contributed by atoms with Crippen molar-refractivity contribution in [1.82, 2.24) is 4.31 Å². The number of amides is 2. The summed E-state index contributed by atoms with van der Waals surface area (Å²) in [6.07, 6.45) is 1.20. The highest BCUT2D eigenvalue weighted by atomic mass is 32.2. The van der Waals surface area contributed by atoms with Gasteiger partial charge in [0.15, 0.2) is 6.61 Å². The van der Waals surface area contributed by atoms with Gasteiger partial charge in [-0.15, -0.1) is 0 Å². The molecule has 2 heterocycles. The van der Waals surface area contributed by atoms with Crippen LogP contribution in [-0.4, -0.2) is 58.3 Å². The van der Waals surface area contributed by atoms with Gasteiger partial charge in [-0.05, 0) is 56.0 Å². The Morgan fingerprint density at radius 3 is 2.68 bits per heavy atom. The van der Waals surface area contributed by atoms with Gasteiger partial charge in [0.1, 0.15) is 5.75 Å². The molecule has 2 aliphatic rings. The highest BCUT2D eigenvalue weighted by molar-refractivity contribution is 7.89. The van der Waals surface area contributed by atoms with Gasteiger partial charge in [-0.1, -0.05) is 6.07 Å². The van der Waals surface area contributed by atoms with Crippen LogP contribution >= 0.6 is 0 Å². The Bertz CT molecular complexity index is 1240. The smallest absolute Gasteiger partial charge is 0.262 e. The zero-order chi connectivity index (χ0) is 24.6. The van der Waals surface area contributed by atoms with Crippen LogP contribution in [0.1, 0.15) is 24.0 Å². The van der Waals surface area contributed by atoms with Crippen molar-refractivity contribution in [2.24, 2.45) is 5.92 Å². The second-order valence-corrected chi connectivity index (χ2v) is 10.9. The average Bonchev–Trinajstić information content (AvgIpc) is 2.79. The molecular formula is C24H30N4O5S. The van der Waals surface area contributed by atoms with E-state index in [1.165, 1.54) is 10.4 Å². The molecule has 0 saturated carbocycles. The molecule has 0 aromatic heterocycles. The lowest BCUT2D eigenvalue weighted by molar-refractivity contribution is -0.121. The SMILES string of the molecule is Cc1ccc(NC(=O)[C@@H]2CCCN(S(=O)(=O)c3cc4c(cc3C)NC(=O)CO4)C2)cc1N(C)C. The minimum atomic E-state index is -3.85. The summed E-state index contributed by atoms with van der Waals surface area (Å²) in [5.41, 5.74) is 3.75. The molecule has 1 fully saturated rings. The molecule has 10 heteroatoms. The first-order valence-electron chi connectivity index (χ1n) is 11.2. The third-order valence-electron chi connectivity index (χ3n) is 6.24. The highest BCUT2D eigenvalue weighted by Gasteiger charge is 2.35. The van der Waals surface area contributed by atoms with Crippen molar-refractivity contribution >= 4 is 38.9 Å². The lowest BCUT2D eigenvalue weighted by atomic mass is 9.98. The van der Waals surface area contributed by atoms with Gasteiger partial charge in [-0.2, -0.15) is 4.31 Å². The van der Waals surface area contributed by atoms with E-state index in [1.54, 1.807) is 13.0 Å². The number of ether oxygens (including phenoxy) is 1. The maximum atomic E-state index is 13.5. The molecule has 2 N–H and O–H groups in total. The predicted molar refractivity (Wildman–Crippen MR) is 131 cm³/mol. The summed E-state index contributed by atoms with van der Waals surface area (Å²) in [6, 6.07) is 8.78. The second-order valence-electron chi connectivity index (χ2n) is 9.04. The third-order valence-corrected chi connectivity index (χ3v) is 8.25. The quantitative estimate of drug-likeness (QED) is 0.673. The van der Waals surface area contributed by atoms with E-state index in [2.05, 4.69) is 10.6 Å². The summed E-state index contributed by atoms with van der Waals surface area (Å²) in [5, 5.41) is 5.65. The minimum Gasteiger partial charge on any atom is -0.482 e. The Balaban J connectivity index is 1.52. The molecule has 2 amide bonds. The summed E-state index contributed by atoms with van der Waals surface area (Å²) >= 11 is 0. The van der Waals surface area contributed by atoms with Crippen LogP contribution in [0.2, 0.25) is 0 Å². The molecule has 9 nitrogen and oxygen atoms in total. The maximum absolute atomic E-state index is 13.5. The number of nitrogens with one attached hydrogen (secondary N) is 2. The monoisotopic (exact) mass is 486 g/mol. The molecule has 0 spiro atoms. The number of carbonyl (C=O) groups is 2. The summed E-state index contributed by atoms with van der Waals surface area (Å²) in [5.74, 6) is -0.604. The van der Waals surface area contributed by atoms with E-state index >= 15 is 0 Å². The van der Waals surface area contributed by atoms with Gasteiger partial charge < -0.3 is 20.3 Å². The first kappa shape index (κ1) is 24.0. The molecular weight excluding hydrogens is 456 g/mol. The van der Waals surface area contributed by atoms with Crippen molar-refractivity contribution in [3.05, 3.63) is 41.5 Å². The van der Waals surface area contributed by atoms with Gasteiger partial charge in [0, 0.05) is 44.6 Å². The van der Waals surface area contributed by atoms with Crippen molar-refractivity contribution in [1.29, 1.82) is 0 Å². The number of benzene rings is 2. The number of sulfonamides is 1. The van der Waals surface area contributed by atoms with E-state index in [9.17, 15) is 18.0 Å². The first-order chi connectivity index (χ1) is 16.1. The molecule has 1 atom stereocenters. The molecule has 0 radical (unpaired) electrons. The molecule has 0 unspecified atom stereocenters. The van der Waals surface area contributed by atoms with Gasteiger partial charge in [0.05, 0.1) is 16.5 Å². The zero-order valence-electron chi connectivity index (χ0n) is 19.8. The standard InChI is InChI=1S/C24H30N4O5S/c1-15-7-8-18(11-20(15)27(3)4)25-24(30)17-6-5-9-28(13-17)34(31,32)22-12-21-19(10-16(22)2)26-23(29)14-33-21/h7-8,10-12,17H,5-6,9,13-14H2,1-4H3,(H,25,30)(H,26,29)/t17-/m1/s1. The van der Waals surface area contributed by atoms with E-state index in [0.717, 1.165) is 11.3 Å². The molecule has 2 aliphatic heterocycles. The Labute approximate surface area is 200 Å². The Kier molecular flexibility index (Phi) is 6.55. The Morgan fingerprint density at radius 1 is 1.18 bits per heavy atom. The fourth-order valence-electron chi connectivity index (χ4n) is 4.42. The number of hydrogen-bond donors (Lipinski definition) is 2. The maximum Gasteiger partial charge on any atom is 0.262 e. The fraction of sp³-hybridized carbons (Fsp3) is 0.417. The van der Waals surface area contributed by atoms with Gasteiger partial charge in [0.25, 0.3) is 5.91 Å². The number of nitrogens with zero attached hydrogens (tertiary/aromatic N) is 2. The van der Waals surface area contributed by atoms with Crippen molar-refractivity contribution in [3.8, 4) is 5.75 Å². The van der Waals surface area contributed by atoms with Gasteiger partial charge >= 0.3 is 0 Å². The lowest BCUT2D eigenvalue weighted by Crippen LogP contribution is -2.43. The van der Waals surface area contributed by atoms with E-state index in [4.69, 9.17) is 4.74 Å². The first-order valence-corrected chi connectivity index (χ1v) is 12.7. The summed E-state index contributed by atoms with van der Waals surface area (Å²) in [6.45, 7) is 3.98. The van der Waals surface area contributed by atoms with Gasteiger partial charge in [0.2, 0.25) is 15.9 Å². The van der Waals surface area contributed by atoms with Gasteiger partial charge in [-0.3, -0.25) is 9.59 Å². The molecule has 34 heavy (non-hydrogen) atoms. The van der Waals surface area contributed by atoms with Crippen molar-refractivity contribution in [2.75, 3.05) is 49.3 Å². The average molecular weight is 487 g/mol. The Morgan fingerprint density at radius 2 is 1.94 bits per heavy atom. The highest BCUT2D eigenvalue weighted by Crippen LogP contribution is 2.35. The van der Waals surface area contributed by atoms with Crippen LogP contribution in [0, 0.1) is 19.8 Å². The summed E-state index contributed by atoms with van der Waals surface area (Å²) < 4.78 is 33.8. The number of carbonyl (C=O) groups excluding carboxylic acids is 2. The number of piperidine rings is 1. The normalized spacial score (nSPS) is 18.5. The predicted octanol–water partition coefficient (Wildman–Crippen LogP) is 2.74. The molecule has 4 rings (SSSR count). The van der Waals surface area contributed by atoms with Crippen LogP contribution in [0.15, 0.2) is 35.2 Å². The zero-order valence-corrected chi connectivity index (χ0v) is 20.7. The van der Waals surface area contributed by atoms with Crippen LogP contribution in [0.5, 0.6) is 5.75 Å². The molecule has 182 valence electrons. The number of aryl methyl sites for hydroxylation is 2. The van der Waals surface area contributed by atoms with Crippen molar-refractivity contribution in [2.45, 2.75) is 31.6 Å². The van der Waals surface area contributed by atoms with E-state index in [-0.39, 0.29) is 29.9 Å². The van der Waals surface area contributed by atoms with Crippen LogP contribution in [-0.2, 0) is 19.6 Å². The molecule has 0 aliphatic carbocycles. The topological polar surface area (TPSA) is 108 Å². The largest absolute Gasteiger partial charge is 0.482 e. The number of hydrogen-bond acceptors (Lipinski definition) is 6. The van der Waals surface area contributed by atoms with Crippen LogP contribution < -0.4 is 20.3 Å². The molecule has 2 aromatic rings. The lowest BCUT2D eigenvalue weighted by Gasteiger charge is -2.32. The van der Waals surface area contributed by atoms with Crippen LogP contribution in [0.4, 0.5) is 17.1 Å².